The first-order valence-electron chi connectivity index (χ1n) is 5.23. The molecule has 1 aromatic heterocycles. The van der Waals surface area contributed by atoms with Crippen LogP contribution in [0.15, 0.2) is 0 Å². The molecule has 0 aliphatic carbocycles. The lowest BCUT2D eigenvalue weighted by Gasteiger charge is -2.23. The number of nitrogens with one attached hydrogen (secondary N) is 1. The van der Waals surface area contributed by atoms with Crippen LogP contribution in [0.3, 0.4) is 0 Å². The number of rotatable bonds is 3. The van der Waals surface area contributed by atoms with Gasteiger partial charge in [0.1, 0.15) is 10.3 Å². The van der Waals surface area contributed by atoms with E-state index >= 15 is 0 Å². The van der Waals surface area contributed by atoms with Gasteiger partial charge in [-0.05, 0) is 12.8 Å². The Bertz CT molecular complexity index is 399. The number of anilines is 1. The Morgan fingerprint density at radius 3 is 2.35 bits per heavy atom. The van der Waals surface area contributed by atoms with E-state index in [1.54, 1.807) is 0 Å². The molecule has 92 valence electrons. The molecule has 0 atom stereocenters. The Hall–Kier alpha value is -0.910. The normalized spacial score (nSPS) is 16.8. The highest BCUT2D eigenvalue weighted by molar-refractivity contribution is 6.37. The van der Waals surface area contributed by atoms with Crippen molar-refractivity contribution in [1.82, 2.24) is 9.97 Å². The number of ether oxygens (including phenoxy) is 1. The summed E-state index contributed by atoms with van der Waals surface area (Å²) in [5.41, 5.74) is 0.117. The molecule has 1 N–H and O–H groups in total. The topological polar surface area (TPSA) is 64.1 Å². The zero-order chi connectivity index (χ0) is 12.3. The van der Waals surface area contributed by atoms with Crippen molar-refractivity contribution in [2.75, 3.05) is 18.5 Å². The molecular formula is C10H11Cl2N3O2. The Morgan fingerprint density at radius 1 is 1.24 bits per heavy atom. The molecule has 17 heavy (non-hydrogen) atoms. The highest BCUT2D eigenvalue weighted by Gasteiger charge is 2.16. The van der Waals surface area contributed by atoms with Crippen LogP contribution in [-0.2, 0) is 4.74 Å². The van der Waals surface area contributed by atoms with Crippen LogP contribution in [0.4, 0.5) is 5.95 Å². The highest BCUT2D eigenvalue weighted by Crippen LogP contribution is 2.22. The highest BCUT2D eigenvalue weighted by atomic mass is 35.5. The maximum absolute atomic E-state index is 10.7. The van der Waals surface area contributed by atoms with Gasteiger partial charge in [0, 0.05) is 19.3 Å². The Balaban J connectivity index is 2.13. The van der Waals surface area contributed by atoms with Gasteiger partial charge in [-0.25, -0.2) is 9.97 Å². The molecule has 0 spiro atoms. The fourth-order valence-electron chi connectivity index (χ4n) is 1.60. The quantitative estimate of drug-likeness (QED) is 0.677. The second kappa shape index (κ2) is 5.62. The van der Waals surface area contributed by atoms with Gasteiger partial charge in [-0.2, -0.15) is 0 Å². The summed E-state index contributed by atoms with van der Waals surface area (Å²) < 4.78 is 5.24. The van der Waals surface area contributed by atoms with E-state index in [0.29, 0.717) is 25.4 Å². The Kier molecular flexibility index (Phi) is 4.15. The smallest absolute Gasteiger partial charge is 0.225 e. The van der Waals surface area contributed by atoms with Crippen molar-refractivity contribution in [3.05, 3.63) is 15.9 Å². The molecule has 0 bridgehead atoms. The maximum atomic E-state index is 10.7. The van der Waals surface area contributed by atoms with E-state index in [4.69, 9.17) is 27.9 Å². The van der Waals surface area contributed by atoms with E-state index < -0.39 is 0 Å². The monoisotopic (exact) mass is 275 g/mol. The number of aldehydes is 1. The summed E-state index contributed by atoms with van der Waals surface area (Å²) in [6.07, 6.45) is 2.31. The van der Waals surface area contributed by atoms with Crippen molar-refractivity contribution in [2.24, 2.45) is 0 Å². The SMILES string of the molecule is O=Cc1c(Cl)nc(NC2CCOCC2)nc1Cl. The van der Waals surface area contributed by atoms with E-state index in [1.165, 1.54) is 0 Å². The van der Waals surface area contributed by atoms with Crippen LogP contribution in [0.25, 0.3) is 0 Å². The summed E-state index contributed by atoms with van der Waals surface area (Å²) >= 11 is 11.6. The van der Waals surface area contributed by atoms with Gasteiger partial charge < -0.3 is 10.1 Å². The second-order valence-corrected chi connectivity index (χ2v) is 4.41. The van der Waals surface area contributed by atoms with Crippen molar-refractivity contribution >= 4 is 35.4 Å². The molecule has 1 saturated heterocycles. The lowest BCUT2D eigenvalue weighted by Crippen LogP contribution is -2.28. The molecule has 0 saturated carbocycles. The molecule has 1 aliphatic rings. The molecule has 0 aromatic carbocycles. The number of carbonyl (C=O) groups is 1. The van der Waals surface area contributed by atoms with Crippen LogP contribution in [0.1, 0.15) is 23.2 Å². The van der Waals surface area contributed by atoms with Gasteiger partial charge in [0.2, 0.25) is 5.95 Å². The number of aromatic nitrogens is 2. The minimum Gasteiger partial charge on any atom is -0.381 e. The summed E-state index contributed by atoms with van der Waals surface area (Å²) in [6, 6.07) is 0.248. The zero-order valence-corrected chi connectivity index (χ0v) is 10.5. The fourth-order valence-corrected chi connectivity index (χ4v) is 2.08. The van der Waals surface area contributed by atoms with Crippen LogP contribution in [-0.4, -0.2) is 35.5 Å². The largest absolute Gasteiger partial charge is 0.381 e. The van der Waals surface area contributed by atoms with E-state index in [0.717, 1.165) is 12.8 Å². The molecule has 1 aromatic rings. The lowest BCUT2D eigenvalue weighted by molar-refractivity contribution is 0.0903. The average molecular weight is 276 g/mol. The average Bonchev–Trinajstić information content (AvgIpc) is 2.30. The standard InChI is InChI=1S/C10H11Cl2N3O2/c11-8-7(5-16)9(12)15-10(14-8)13-6-1-3-17-4-2-6/h5-6H,1-4H2,(H,13,14,15). The molecule has 0 radical (unpaired) electrons. The first-order valence-corrected chi connectivity index (χ1v) is 5.99. The van der Waals surface area contributed by atoms with Gasteiger partial charge in [0.05, 0.1) is 5.56 Å². The third-order valence-corrected chi connectivity index (χ3v) is 3.10. The van der Waals surface area contributed by atoms with E-state index in [-0.39, 0.29) is 21.9 Å². The number of halogens is 2. The van der Waals surface area contributed by atoms with Gasteiger partial charge in [0.15, 0.2) is 6.29 Å². The van der Waals surface area contributed by atoms with Gasteiger partial charge in [-0.3, -0.25) is 4.79 Å². The van der Waals surface area contributed by atoms with Crippen LogP contribution >= 0.6 is 23.2 Å². The van der Waals surface area contributed by atoms with E-state index in [1.807, 2.05) is 0 Å². The third-order valence-electron chi connectivity index (χ3n) is 2.53. The fraction of sp³-hybridized carbons (Fsp3) is 0.500. The predicted octanol–water partition coefficient (Wildman–Crippen LogP) is 2.19. The van der Waals surface area contributed by atoms with Crippen molar-refractivity contribution in [2.45, 2.75) is 18.9 Å². The van der Waals surface area contributed by atoms with Crippen LogP contribution in [0, 0.1) is 0 Å². The van der Waals surface area contributed by atoms with E-state index in [2.05, 4.69) is 15.3 Å². The van der Waals surface area contributed by atoms with Gasteiger partial charge in [-0.15, -0.1) is 0 Å². The molecule has 5 nitrogen and oxygen atoms in total. The van der Waals surface area contributed by atoms with Crippen molar-refractivity contribution in [1.29, 1.82) is 0 Å². The van der Waals surface area contributed by atoms with Crippen molar-refractivity contribution in [3.8, 4) is 0 Å². The Labute approximate surface area is 108 Å². The molecule has 1 aliphatic heterocycles. The zero-order valence-electron chi connectivity index (χ0n) is 8.95. The second-order valence-electron chi connectivity index (χ2n) is 3.69. The number of nitrogens with zero attached hydrogens (tertiary/aromatic N) is 2. The molecule has 1 fully saturated rings. The minimum atomic E-state index is 0.0644. The van der Waals surface area contributed by atoms with Crippen molar-refractivity contribution < 1.29 is 9.53 Å². The molecule has 2 heterocycles. The first-order chi connectivity index (χ1) is 8.20. The summed E-state index contributed by atoms with van der Waals surface area (Å²) in [6.45, 7) is 1.43. The summed E-state index contributed by atoms with van der Waals surface area (Å²) in [7, 11) is 0. The summed E-state index contributed by atoms with van der Waals surface area (Å²) in [5.74, 6) is 0.345. The number of hydrogen-bond acceptors (Lipinski definition) is 5. The minimum absolute atomic E-state index is 0.0644. The lowest BCUT2D eigenvalue weighted by atomic mass is 10.1. The van der Waals surface area contributed by atoms with Gasteiger partial charge >= 0.3 is 0 Å². The first kappa shape index (κ1) is 12.5. The molecule has 0 amide bonds. The maximum Gasteiger partial charge on any atom is 0.225 e. The van der Waals surface area contributed by atoms with Gasteiger partial charge in [-0.1, -0.05) is 23.2 Å². The molecular weight excluding hydrogens is 265 g/mol. The summed E-state index contributed by atoms with van der Waals surface area (Å²) in [4.78, 5) is 18.6. The number of hydrogen-bond donors (Lipinski definition) is 1. The third kappa shape index (κ3) is 3.06. The molecule has 0 unspecified atom stereocenters. The molecule has 7 heteroatoms. The van der Waals surface area contributed by atoms with Crippen LogP contribution in [0.2, 0.25) is 10.3 Å². The Morgan fingerprint density at radius 2 is 1.82 bits per heavy atom. The number of carbonyl (C=O) groups excluding carboxylic acids is 1. The van der Waals surface area contributed by atoms with Gasteiger partial charge in [0.25, 0.3) is 0 Å². The van der Waals surface area contributed by atoms with Crippen LogP contribution in [0.5, 0.6) is 0 Å². The predicted molar refractivity (Wildman–Crippen MR) is 64.9 cm³/mol. The van der Waals surface area contributed by atoms with Crippen LogP contribution < -0.4 is 5.32 Å². The summed E-state index contributed by atoms with van der Waals surface area (Å²) in [5, 5.41) is 3.26. The molecule has 2 rings (SSSR count). The van der Waals surface area contributed by atoms with E-state index in [9.17, 15) is 4.79 Å². The van der Waals surface area contributed by atoms with Crippen molar-refractivity contribution in [3.63, 3.8) is 0 Å².